The number of methoxy groups -OCH3 is 2. The number of Topliss-reactive ketones (excluding diaryl/α,β-unsaturated/α-hetero) is 1. The number of hydrogen-bond acceptors (Lipinski definition) is 13. The number of fused-ring (bicyclic) bond motifs is 1. The van der Waals surface area contributed by atoms with Crippen molar-refractivity contribution in [3.8, 4) is 0 Å². The molecule has 0 N–H and O–H groups in total. The summed E-state index contributed by atoms with van der Waals surface area (Å²) in [7, 11) is 2.90. The predicted octanol–water partition coefficient (Wildman–Crippen LogP) is 3.69. The fourth-order valence-electron chi connectivity index (χ4n) is 6.25. The zero-order valence-corrected chi connectivity index (χ0v) is 29.1. The van der Waals surface area contributed by atoms with Gasteiger partial charge in [-0.25, -0.2) is 0 Å². The minimum absolute atomic E-state index is 0.126. The van der Waals surface area contributed by atoms with Gasteiger partial charge in [-0.15, -0.1) is 0 Å². The van der Waals surface area contributed by atoms with Crippen LogP contribution in [0.3, 0.4) is 0 Å². The van der Waals surface area contributed by atoms with Crippen molar-refractivity contribution in [2.75, 3.05) is 27.4 Å². The van der Waals surface area contributed by atoms with Gasteiger partial charge in [-0.3, -0.25) is 9.59 Å². The molecule has 8 atom stereocenters. The third-order valence-electron chi connectivity index (χ3n) is 8.32. The largest absolute Gasteiger partial charge is 0.458 e. The lowest BCUT2D eigenvalue weighted by molar-refractivity contribution is -0.312. The van der Waals surface area contributed by atoms with E-state index in [0.29, 0.717) is 6.61 Å². The number of carbonyl (C=O) groups is 2. The molecule has 0 radical (unpaired) electrons. The number of hydrogen-bond donors (Lipinski definition) is 0. The number of carbonyl (C=O) groups excluding carboxylic acids is 2. The van der Waals surface area contributed by atoms with Crippen LogP contribution in [-0.4, -0.2) is 106 Å². The molecule has 2 aromatic carbocycles. The number of rotatable bonds is 16. The fraction of sp³-hybridized carbons (Fsp3) is 0.611. The van der Waals surface area contributed by atoms with Gasteiger partial charge in [0, 0.05) is 21.1 Å². The summed E-state index contributed by atoms with van der Waals surface area (Å²) >= 11 is 0. The number of benzene rings is 2. The molecule has 3 fully saturated rings. The highest BCUT2D eigenvalue weighted by atomic mass is 16.8. The molecule has 3 aliphatic rings. The summed E-state index contributed by atoms with van der Waals surface area (Å²) in [5, 5.41) is 0. The molecule has 5 rings (SSSR count). The van der Waals surface area contributed by atoms with Crippen LogP contribution in [0.25, 0.3) is 0 Å². The van der Waals surface area contributed by atoms with Crippen LogP contribution in [0.4, 0.5) is 0 Å². The molecule has 0 aromatic heterocycles. The number of esters is 1. The molecule has 0 unspecified atom stereocenters. The topological polar surface area (TPSA) is 136 Å². The first kappa shape index (κ1) is 37.4. The van der Waals surface area contributed by atoms with E-state index in [2.05, 4.69) is 0 Å². The normalized spacial score (nSPS) is 29.4. The van der Waals surface area contributed by atoms with E-state index in [1.54, 1.807) is 13.8 Å². The van der Waals surface area contributed by atoms with E-state index in [1.165, 1.54) is 21.1 Å². The predicted molar refractivity (Wildman–Crippen MR) is 172 cm³/mol. The molecule has 0 saturated carbocycles. The van der Waals surface area contributed by atoms with Crippen LogP contribution in [0, 0.1) is 0 Å². The minimum atomic E-state index is -1.38. The molecular formula is C36H48O13. The highest BCUT2D eigenvalue weighted by molar-refractivity contribution is 5.86. The Balaban J connectivity index is 1.47. The smallest absolute Gasteiger partial charge is 0.303 e. The quantitative estimate of drug-likeness (QED) is 0.188. The molecule has 13 heteroatoms. The van der Waals surface area contributed by atoms with Crippen molar-refractivity contribution >= 4 is 11.8 Å². The maximum absolute atomic E-state index is 13.9. The van der Waals surface area contributed by atoms with Crippen LogP contribution in [0.15, 0.2) is 60.7 Å². The van der Waals surface area contributed by atoms with E-state index >= 15 is 0 Å². The molecule has 49 heavy (non-hydrogen) atoms. The Morgan fingerprint density at radius 1 is 0.776 bits per heavy atom. The van der Waals surface area contributed by atoms with Crippen molar-refractivity contribution in [1.29, 1.82) is 0 Å². The molecule has 3 saturated heterocycles. The standard InChI is InChI=1S/C36H48O13/c1-22(37)42-20-25(38)27(29-32(33(39-6)40-7)49-36(4,5)47-29)45-34-31(43-19-24-16-12-9-13-17-24)30-28(46-35(2,3)48-30)26(44-34)21-41-18-23-14-10-8-11-15-23/h8-17,26-34H,18-21H2,1-7H3/t26-,27-,28+,29+,30+,31-,32-,34+/m1/s1. The minimum Gasteiger partial charge on any atom is -0.458 e. The van der Waals surface area contributed by atoms with Crippen molar-refractivity contribution in [3.05, 3.63) is 71.8 Å². The van der Waals surface area contributed by atoms with Crippen LogP contribution < -0.4 is 0 Å². The molecule has 3 heterocycles. The van der Waals surface area contributed by atoms with E-state index in [9.17, 15) is 9.59 Å². The van der Waals surface area contributed by atoms with E-state index < -0.39 is 85.2 Å². The third-order valence-corrected chi connectivity index (χ3v) is 8.32. The molecular weight excluding hydrogens is 640 g/mol. The Labute approximate surface area is 287 Å². The average molecular weight is 689 g/mol. The highest BCUT2D eigenvalue weighted by Crippen LogP contribution is 2.41. The summed E-state index contributed by atoms with van der Waals surface area (Å²) < 4.78 is 67.2. The van der Waals surface area contributed by atoms with E-state index in [1.807, 2.05) is 74.5 Å². The maximum Gasteiger partial charge on any atom is 0.303 e. The number of ketones is 1. The Hall–Kier alpha value is -2.82. The van der Waals surface area contributed by atoms with Gasteiger partial charge < -0.3 is 52.1 Å². The van der Waals surface area contributed by atoms with Crippen LogP contribution in [0.5, 0.6) is 0 Å². The van der Waals surface area contributed by atoms with Crippen molar-refractivity contribution < 1.29 is 61.7 Å². The van der Waals surface area contributed by atoms with Crippen molar-refractivity contribution in [2.24, 2.45) is 0 Å². The summed E-state index contributed by atoms with van der Waals surface area (Å²) in [5.74, 6) is -3.35. The molecule has 0 spiro atoms. The Kier molecular flexibility index (Phi) is 12.6. The van der Waals surface area contributed by atoms with Crippen LogP contribution in [0.1, 0.15) is 45.7 Å². The Morgan fingerprint density at radius 3 is 1.96 bits per heavy atom. The first-order chi connectivity index (χ1) is 23.4. The van der Waals surface area contributed by atoms with Gasteiger partial charge in [0.2, 0.25) is 5.78 Å². The summed E-state index contributed by atoms with van der Waals surface area (Å²) in [4.78, 5) is 25.6. The van der Waals surface area contributed by atoms with Gasteiger partial charge in [-0.05, 0) is 38.8 Å². The molecule has 2 aromatic rings. The van der Waals surface area contributed by atoms with Gasteiger partial charge in [-0.1, -0.05) is 60.7 Å². The fourth-order valence-corrected chi connectivity index (χ4v) is 6.25. The van der Waals surface area contributed by atoms with Crippen LogP contribution in [0.2, 0.25) is 0 Å². The first-order valence-electron chi connectivity index (χ1n) is 16.4. The lowest BCUT2D eigenvalue weighted by Gasteiger charge is -2.43. The van der Waals surface area contributed by atoms with Crippen LogP contribution >= 0.6 is 0 Å². The Morgan fingerprint density at radius 2 is 1.35 bits per heavy atom. The summed E-state index contributed by atoms with van der Waals surface area (Å²) in [6, 6.07) is 19.4. The van der Waals surface area contributed by atoms with Gasteiger partial charge >= 0.3 is 5.97 Å². The molecule has 0 bridgehead atoms. The van der Waals surface area contributed by atoms with E-state index in [0.717, 1.165) is 11.1 Å². The SMILES string of the molecule is COC(OC)[C@@H]1OC(C)(C)O[C@H]1[C@H](O[C@@H]1O[C@H](COCc2ccccc2)[C@@H]2OC(C)(C)O[C@@H]2[C@H]1OCc1ccccc1)C(=O)COC(C)=O. The second-order valence-electron chi connectivity index (χ2n) is 13.1. The molecule has 0 aliphatic carbocycles. The second kappa shape index (κ2) is 16.5. The lowest BCUT2D eigenvalue weighted by Crippen LogP contribution is -2.61. The zero-order chi connectivity index (χ0) is 35.2. The van der Waals surface area contributed by atoms with Crippen LogP contribution in [-0.2, 0) is 74.9 Å². The summed E-state index contributed by atoms with van der Waals surface area (Å²) in [6.45, 7) is 8.33. The lowest BCUT2D eigenvalue weighted by atomic mass is 9.98. The van der Waals surface area contributed by atoms with Gasteiger partial charge in [0.15, 0.2) is 36.9 Å². The molecule has 13 nitrogen and oxygen atoms in total. The van der Waals surface area contributed by atoms with Gasteiger partial charge in [0.05, 0.1) is 19.8 Å². The van der Waals surface area contributed by atoms with Gasteiger partial charge in [0.25, 0.3) is 0 Å². The Bertz CT molecular complexity index is 1350. The molecule has 3 aliphatic heterocycles. The summed E-state index contributed by atoms with van der Waals surface area (Å²) in [5.41, 5.74) is 1.90. The van der Waals surface area contributed by atoms with Crippen molar-refractivity contribution in [3.63, 3.8) is 0 Å². The highest BCUT2D eigenvalue weighted by Gasteiger charge is 2.59. The third kappa shape index (κ3) is 9.70. The second-order valence-corrected chi connectivity index (χ2v) is 13.1. The molecule has 0 amide bonds. The van der Waals surface area contributed by atoms with Crippen molar-refractivity contribution in [2.45, 2.75) is 115 Å². The van der Waals surface area contributed by atoms with E-state index in [-0.39, 0.29) is 13.2 Å². The molecule has 270 valence electrons. The van der Waals surface area contributed by atoms with Gasteiger partial charge in [-0.2, -0.15) is 0 Å². The van der Waals surface area contributed by atoms with Crippen molar-refractivity contribution in [1.82, 2.24) is 0 Å². The summed E-state index contributed by atoms with van der Waals surface area (Å²) in [6.07, 6.45) is -8.31. The van der Waals surface area contributed by atoms with E-state index in [4.69, 9.17) is 52.1 Å². The maximum atomic E-state index is 13.9. The monoisotopic (exact) mass is 688 g/mol. The first-order valence-corrected chi connectivity index (χ1v) is 16.4. The van der Waals surface area contributed by atoms with Gasteiger partial charge in [0.1, 0.15) is 36.6 Å². The zero-order valence-electron chi connectivity index (χ0n) is 29.1. The average Bonchev–Trinajstić information content (AvgIpc) is 3.57. The number of ether oxygens (including phenoxy) is 11.